The Morgan fingerprint density at radius 2 is 1.84 bits per heavy atom. The molecular formula is C21H28ClNO2. The second-order valence-electron chi connectivity index (χ2n) is 8.77. The fourth-order valence-corrected chi connectivity index (χ4v) is 6.29. The van der Waals surface area contributed by atoms with Crippen LogP contribution >= 0.6 is 11.6 Å². The Labute approximate surface area is 155 Å². The summed E-state index contributed by atoms with van der Waals surface area (Å²) < 4.78 is 5.70. The molecule has 0 spiro atoms. The number of halogens is 1. The molecule has 1 amide bonds. The molecule has 1 N–H and O–H groups in total. The number of hydrogen-bond acceptors (Lipinski definition) is 2. The Kier molecular flexibility index (Phi) is 4.47. The largest absolute Gasteiger partial charge is 0.484 e. The summed E-state index contributed by atoms with van der Waals surface area (Å²) in [5.74, 6) is 3.41. The van der Waals surface area contributed by atoms with Crippen LogP contribution in [0.2, 0.25) is 5.02 Å². The predicted octanol–water partition coefficient (Wildman–Crippen LogP) is 4.75. The van der Waals surface area contributed by atoms with Crippen molar-refractivity contribution in [2.75, 3.05) is 6.61 Å². The van der Waals surface area contributed by atoms with Gasteiger partial charge in [0.25, 0.3) is 5.91 Å². The van der Waals surface area contributed by atoms with Crippen molar-refractivity contribution in [1.29, 1.82) is 0 Å². The Hall–Kier alpha value is -1.22. The van der Waals surface area contributed by atoms with Crippen molar-refractivity contribution in [3.05, 3.63) is 28.8 Å². The first-order valence-electron chi connectivity index (χ1n) is 9.62. The molecule has 1 atom stereocenters. The first kappa shape index (κ1) is 17.2. The van der Waals surface area contributed by atoms with Crippen LogP contribution < -0.4 is 10.1 Å². The van der Waals surface area contributed by atoms with E-state index in [-0.39, 0.29) is 18.6 Å². The molecule has 136 valence electrons. The molecule has 1 unspecified atom stereocenters. The number of aryl methyl sites for hydroxylation is 1. The van der Waals surface area contributed by atoms with Crippen molar-refractivity contribution >= 4 is 17.5 Å². The minimum Gasteiger partial charge on any atom is -0.484 e. The highest BCUT2D eigenvalue weighted by atomic mass is 35.5. The average molecular weight is 362 g/mol. The first-order valence-corrected chi connectivity index (χ1v) is 10.00. The summed E-state index contributed by atoms with van der Waals surface area (Å²) >= 11 is 5.96. The molecule has 0 heterocycles. The summed E-state index contributed by atoms with van der Waals surface area (Å²) in [5.41, 5.74) is 1.29. The maximum atomic E-state index is 12.4. The quantitative estimate of drug-likeness (QED) is 0.821. The Bertz CT molecular complexity index is 637. The van der Waals surface area contributed by atoms with Crippen molar-refractivity contribution < 1.29 is 9.53 Å². The lowest BCUT2D eigenvalue weighted by Crippen LogP contribution is -2.56. The number of hydrogen-bond donors (Lipinski definition) is 1. The molecule has 25 heavy (non-hydrogen) atoms. The molecule has 0 radical (unpaired) electrons. The van der Waals surface area contributed by atoms with Crippen LogP contribution in [0.15, 0.2) is 18.2 Å². The van der Waals surface area contributed by atoms with Crippen LogP contribution in [0.3, 0.4) is 0 Å². The van der Waals surface area contributed by atoms with Gasteiger partial charge in [-0.15, -0.1) is 0 Å². The fourth-order valence-electron chi connectivity index (χ4n) is 6.06. The van der Waals surface area contributed by atoms with Gasteiger partial charge >= 0.3 is 0 Å². The SMILES string of the molecule is Cc1cc(Cl)ccc1OCC(=O)NC(C)C12CC3CC(CC(C3)C1)C2. The molecule has 0 aromatic heterocycles. The van der Waals surface area contributed by atoms with Gasteiger partial charge in [-0.1, -0.05) is 11.6 Å². The maximum Gasteiger partial charge on any atom is 0.258 e. The Morgan fingerprint density at radius 3 is 2.40 bits per heavy atom. The fraction of sp³-hybridized carbons (Fsp3) is 0.667. The van der Waals surface area contributed by atoms with Gasteiger partial charge in [0.2, 0.25) is 0 Å². The van der Waals surface area contributed by atoms with Crippen LogP contribution in [0.25, 0.3) is 0 Å². The van der Waals surface area contributed by atoms with Gasteiger partial charge in [0.1, 0.15) is 5.75 Å². The van der Waals surface area contributed by atoms with Gasteiger partial charge in [-0.25, -0.2) is 0 Å². The third-order valence-corrected chi connectivity index (χ3v) is 7.11. The number of carbonyl (C=O) groups is 1. The van der Waals surface area contributed by atoms with E-state index in [4.69, 9.17) is 16.3 Å². The zero-order valence-corrected chi connectivity index (χ0v) is 15.9. The zero-order chi connectivity index (χ0) is 17.6. The highest BCUT2D eigenvalue weighted by Crippen LogP contribution is 2.61. The van der Waals surface area contributed by atoms with Gasteiger partial charge < -0.3 is 10.1 Å². The van der Waals surface area contributed by atoms with E-state index >= 15 is 0 Å². The molecular weight excluding hydrogens is 334 g/mol. The molecule has 3 nitrogen and oxygen atoms in total. The minimum atomic E-state index is -0.0161. The van der Waals surface area contributed by atoms with Crippen LogP contribution in [0.5, 0.6) is 5.75 Å². The predicted molar refractivity (Wildman–Crippen MR) is 99.9 cm³/mol. The number of nitrogens with one attached hydrogen (secondary N) is 1. The minimum absolute atomic E-state index is 0.0161. The van der Waals surface area contributed by atoms with Crippen molar-refractivity contribution in [3.63, 3.8) is 0 Å². The second kappa shape index (κ2) is 6.50. The smallest absolute Gasteiger partial charge is 0.258 e. The van der Waals surface area contributed by atoms with E-state index in [2.05, 4.69) is 12.2 Å². The van der Waals surface area contributed by atoms with E-state index in [1.807, 2.05) is 19.1 Å². The molecule has 4 aliphatic rings. The lowest BCUT2D eigenvalue weighted by atomic mass is 9.48. The van der Waals surface area contributed by atoms with Gasteiger partial charge in [0.05, 0.1) is 0 Å². The number of amides is 1. The van der Waals surface area contributed by atoms with Crippen molar-refractivity contribution in [3.8, 4) is 5.75 Å². The van der Waals surface area contributed by atoms with E-state index in [1.54, 1.807) is 6.07 Å². The number of carbonyl (C=O) groups excluding carboxylic acids is 1. The first-order chi connectivity index (χ1) is 11.9. The number of ether oxygens (including phenoxy) is 1. The molecule has 4 aliphatic carbocycles. The van der Waals surface area contributed by atoms with Gasteiger partial charge in [0.15, 0.2) is 6.61 Å². The lowest BCUT2D eigenvalue weighted by Gasteiger charge is -2.59. The molecule has 1 aromatic rings. The molecule has 1 aromatic carbocycles. The summed E-state index contributed by atoms with van der Waals surface area (Å²) in [6.07, 6.45) is 8.20. The highest BCUT2D eigenvalue weighted by Gasteiger charge is 2.53. The summed E-state index contributed by atoms with van der Waals surface area (Å²) in [6, 6.07) is 5.71. The Balaban J connectivity index is 1.34. The van der Waals surface area contributed by atoms with Crippen LogP contribution in [-0.2, 0) is 4.79 Å². The zero-order valence-electron chi connectivity index (χ0n) is 15.2. The molecule has 5 rings (SSSR count). The van der Waals surface area contributed by atoms with Gasteiger partial charge in [-0.05, 0) is 99.3 Å². The monoisotopic (exact) mass is 361 g/mol. The summed E-state index contributed by atoms with van der Waals surface area (Å²) in [4.78, 5) is 12.4. The Morgan fingerprint density at radius 1 is 1.24 bits per heavy atom. The normalized spacial score (nSPS) is 34.0. The lowest BCUT2D eigenvalue weighted by molar-refractivity contribution is -0.127. The van der Waals surface area contributed by atoms with E-state index in [9.17, 15) is 4.79 Å². The third kappa shape index (κ3) is 3.40. The summed E-state index contributed by atoms with van der Waals surface area (Å²) in [7, 11) is 0. The maximum absolute atomic E-state index is 12.4. The molecule has 4 saturated carbocycles. The van der Waals surface area contributed by atoms with Gasteiger partial charge in [-0.2, -0.15) is 0 Å². The highest BCUT2D eigenvalue weighted by molar-refractivity contribution is 6.30. The van der Waals surface area contributed by atoms with Crippen LogP contribution in [0.4, 0.5) is 0 Å². The molecule has 0 aliphatic heterocycles. The van der Waals surface area contributed by atoms with Crippen LogP contribution in [0, 0.1) is 30.1 Å². The molecule has 0 saturated heterocycles. The van der Waals surface area contributed by atoms with Gasteiger partial charge in [-0.3, -0.25) is 4.79 Å². The van der Waals surface area contributed by atoms with Crippen molar-refractivity contribution in [2.45, 2.75) is 58.4 Å². The number of benzene rings is 1. The molecule has 4 bridgehead atoms. The second-order valence-corrected chi connectivity index (χ2v) is 9.20. The van der Waals surface area contributed by atoms with E-state index in [0.29, 0.717) is 10.4 Å². The van der Waals surface area contributed by atoms with Crippen LogP contribution in [-0.4, -0.2) is 18.6 Å². The third-order valence-electron chi connectivity index (χ3n) is 6.88. The van der Waals surface area contributed by atoms with Crippen molar-refractivity contribution in [2.24, 2.45) is 23.2 Å². The van der Waals surface area contributed by atoms with Gasteiger partial charge in [0, 0.05) is 11.1 Å². The summed E-state index contributed by atoms with van der Waals surface area (Å²) in [6.45, 7) is 4.22. The summed E-state index contributed by atoms with van der Waals surface area (Å²) in [5, 5.41) is 3.93. The topological polar surface area (TPSA) is 38.3 Å². The standard InChI is InChI=1S/C21H28ClNO2/c1-13-5-18(22)3-4-19(13)25-12-20(24)23-14(2)21-9-15-6-16(10-21)8-17(7-15)11-21/h3-5,14-17H,6-12H2,1-2H3,(H,23,24). The number of rotatable bonds is 5. The molecule has 4 fully saturated rings. The molecule has 4 heteroatoms. The van der Waals surface area contributed by atoms with E-state index in [0.717, 1.165) is 29.1 Å². The van der Waals surface area contributed by atoms with E-state index < -0.39 is 0 Å². The van der Waals surface area contributed by atoms with Crippen LogP contribution in [0.1, 0.15) is 51.0 Å². The average Bonchev–Trinajstić information content (AvgIpc) is 2.52. The van der Waals surface area contributed by atoms with E-state index in [1.165, 1.54) is 38.5 Å². The van der Waals surface area contributed by atoms with Crippen molar-refractivity contribution in [1.82, 2.24) is 5.32 Å².